The lowest BCUT2D eigenvalue weighted by molar-refractivity contribution is -0.141. The normalized spacial score (nSPS) is 11.0. The molecule has 0 radical (unpaired) electrons. The van der Waals surface area contributed by atoms with Crippen LogP contribution in [0.5, 0.6) is 0 Å². The summed E-state index contributed by atoms with van der Waals surface area (Å²) in [6.45, 7) is 0.408. The highest BCUT2D eigenvalue weighted by Gasteiger charge is 2.33. The molecule has 0 unspecified atom stereocenters. The number of halogens is 3. The quantitative estimate of drug-likeness (QED) is 0.358. The van der Waals surface area contributed by atoms with Crippen molar-refractivity contribution in [1.82, 2.24) is 20.2 Å². The number of aromatic nitrogens is 2. The molecular weight excluding hydrogens is 291 g/mol. The Morgan fingerprint density at radius 3 is 2.52 bits per heavy atom. The van der Waals surface area contributed by atoms with E-state index in [1.807, 2.05) is 5.43 Å². The van der Waals surface area contributed by atoms with Gasteiger partial charge in [0.1, 0.15) is 5.82 Å². The number of alkyl halides is 3. The first-order valence-electron chi connectivity index (χ1n) is 5.86. The predicted molar refractivity (Wildman–Crippen MR) is 70.4 cm³/mol. The van der Waals surface area contributed by atoms with E-state index in [0.29, 0.717) is 0 Å². The van der Waals surface area contributed by atoms with Crippen LogP contribution in [0.2, 0.25) is 0 Å². The van der Waals surface area contributed by atoms with Gasteiger partial charge in [-0.2, -0.15) is 18.2 Å². The zero-order chi connectivity index (χ0) is 16.0. The van der Waals surface area contributed by atoms with E-state index >= 15 is 0 Å². The monoisotopic (exact) mass is 307 g/mol. The van der Waals surface area contributed by atoms with Crippen LogP contribution in [0.1, 0.15) is 5.69 Å². The first kappa shape index (κ1) is 16.8. The van der Waals surface area contributed by atoms with Gasteiger partial charge in [-0.05, 0) is 0 Å². The average molecular weight is 307 g/mol. The number of nitrogens with zero attached hydrogens (tertiary/aromatic N) is 3. The lowest BCUT2D eigenvalue weighted by Crippen LogP contribution is -2.37. The summed E-state index contributed by atoms with van der Waals surface area (Å²) in [6, 6.07) is 0.453. The molecule has 1 heterocycles. The number of hydrogen-bond acceptors (Lipinski definition) is 6. The fourth-order valence-corrected chi connectivity index (χ4v) is 1.27. The van der Waals surface area contributed by atoms with Crippen molar-refractivity contribution in [1.29, 1.82) is 0 Å². The lowest BCUT2D eigenvalue weighted by Gasteiger charge is -2.13. The van der Waals surface area contributed by atoms with Gasteiger partial charge in [0.25, 0.3) is 0 Å². The minimum absolute atomic E-state index is 0.0515. The van der Waals surface area contributed by atoms with E-state index in [0.717, 1.165) is 6.07 Å². The standard InChI is InChI=1S/C10H16F3N7O/c1-20(2)9(21)16-4-3-15-7-5-6(10(11,12)13)17-8(18-7)19-14/h5H,3-4,14H2,1-2H3,(H,16,21)(H2,15,17,18,19). The largest absolute Gasteiger partial charge is 0.433 e. The molecule has 2 amide bonds. The predicted octanol–water partition coefficient (Wildman–Crippen LogP) is 0.464. The fraction of sp³-hybridized carbons (Fsp3) is 0.500. The third kappa shape index (κ3) is 5.30. The number of hydrogen-bond donors (Lipinski definition) is 4. The SMILES string of the molecule is CN(C)C(=O)NCCNc1cc(C(F)(F)F)nc(NN)n1. The number of carbonyl (C=O) groups excluding carboxylic acids is 1. The number of anilines is 2. The Balaban J connectivity index is 2.64. The molecule has 8 nitrogen and oxygen atoms in total. The van der Waals surface area contributed by atoms with E-state index in [1.54, 1.807) is 14.1 Å². The molecule has 0 fully saturated rings. The van der Waals surface area contributed by atoms with Crippen LogP contribution in [-0.4, -0.2) is 48.1 Å². The molecule has 0 atom stereocenters. The van der Waals surface area contributed by atoms with Crippen molar-refractivity contribution in [2.24, 2.45) is 5.84 Å². The Labute approximate surface area is 118 Å². The molecule has 0 aromatic carbocycles. The van der Waals surface area contributed by atoms with Gasteiger partial charge in [-0.15, -0.1) is 0 Å². The van der Waals surface area contributed by atoms with Crippen LogP contribution in [0.25, 0.3) is 0 Å². The molecule has 11 heteroatoms. The Kier molecular flexibility index (Phi) is 5.52. The van der Waals surface area contributed by atoms with Crippen molar-refractivity contribution in [2.45, 2.75) is 6.18 Å². The number of urea groups is 1. The van der Waals surface area contributed by atoms with Crippen LogP contribution < -0.4 is 21.9 Å². The maximum atomic E-state index is 12.6. The summed E-state index contributed by atoms with van der Waals surface area (Å²) >= 11 is 0. The van der Waals surface area contributed by atoms with Crippen molar-refractivity contribution in [3.63, 3.8) is 0 Å². The molecule has 0 bridgehead atoms. The molecule has 0 saturated heterocycles. The van der Waals surface area contributed by atoms with Crippen LogP contribution >= 0.6 is 0 Å². The number of nitrogens with two attached hydrogens (primary N) is 1. The lowest BCUT2D eigenvalue weighted by atomic mass is 10.3. The van der Waals surface area contributed by atoms with E-state index < -0.39 is 11.9 Å². The van der Waals surface area contributed by atoms with Crippen LogP contribution in [0.3, 0.4) is 0 Å². The van der Waals surface area contributed by atoms with E-state index in [2.05, 4.69) is 20.6 Å². The van der Waals surface area contributed by atoms with Crippen LogP contribution in [0.4, 0.5) is 29.7 Å². The molecule has 1 aromatic heterocycles. The van der Waals surface area contributed by atoms with Gasteiger partial charge in [-0.25, -0.2) is 15.6 Å². The second-order valence-electron chi connectivity index (χ2n) is 4.16. The molecule has 5 N–H and O–H groups in total. The minimum atomic E-state index is -4.61. The third-order valence-corrected chi connectivity index (χ3v) is 2.26. The Hall–Kier alpha value is -2.30. The molecule has 1 aromatic rings. The summed E-state index contributed by atoms with van der Waals surface area (Å²) in [5, 5.41) is 5.19. The summed E-state index contributed by atoms with van der Waals surface area (Å²) in [6.07, 6.45) is -4.61. The molecule has 21 heavy (non-hydrogen) atoms. The topological polar surface area (TPSA) is 108 Å². The van der Waals surface area contributed by atoms with Crippen molar-refractivity contribution in [3.05, 3.63) is 11.8 Å². The molecule has 0 saturated carbocycles. The Morgan fingerprint density at radius 1 is 1.33 bits per heavy atom. The van der Waals surface area contributed by atoms with Crippen molar-refractivity contribution < 1.29 is 18.0 Å². The van der Waals surface area contributed by atoms with E-state index in [1.165, 1.54) is 4.90 Å². The van der Waals surface area contributed by atoms with E-state index in [4.69, 9.17) is 5.84 Å². The number of amides is 2. The maximum absolute atomic E-state index is 12.6. The summed E-state index contributed by atoms with van der Waals surface area (Å²) in [4.78, 5) is 19.5. The van der Waals surface area contributed by atoms with E-state index in [9.17, 15) is 18.0 Å². The second kappa shape index (κ2) is 6.92. The third-order valence-electron chi connectivity index (χ3n) is 2.26. The van der Waals surface area contributed by atoms with Crippen LogP contribution in [0.15, 0.2) is 6.07 Å². The molecule has 0 spiro atoms. The molecule has 0 aliphatic carbocycles. The van der Waals surface area contributed by atoms with Gasteiger partial charge in [-0.3, -0.25) is 5.43 Å². The zero-order valence-electron chi connectivity index (χ0n) is 11.5. The average Bonchev–Trinajstić information content (AvgIpc) is 2.41. The summed E-state index contributed by atoms with van der Waals surface area (Å²) in [5.74, 6) is 4.62. The minimum Gasteiger partial charge on any atom is -0.368 e. The number of hydrazine groups is 1. The van der Waals surface area contributed by atoms with Gasteiger partial charge in [0.15, 0.2) is 5.69 Å². The molecule has 0 aliphatic rings. The van der Waals surface area contributed by atoms with Gasteiger partial charge in [0, 0.05) is 33.3 Å². The van der Waals surface area contributed by atoms with E-state index in [-0.39, 0.29) is 30.9 Å². The van der Waals surface area contributed by atoms with Crippen molar-refractivity contribution >= 4 is 17.8 Å². The molecule has 1 rings (SSSR count). The highest BCUT2D eigenvalue weighted by atomic mass is 19.4. The van der Waals surface area contributed by atoms with Gasteiger partial charge < -0.3 is 15.5 Å². The number of carbonyl (C=O) groups is 1. The summed E-state index contributed by atoms with van der Waals surface area (Å²) in [7, 11) is 3.14. The first-order valence-corrected chi connectivity index (χ1v) is 5.86. The molecular formula is C10H16F3N7O. The molecule has 0 aliphatic heterocycles. The van der Waals surface area contributed by atoms with Gasteiger partial charge in [-0.1, -0.05) is 0 Å². The van der Waals surface area contributed by atoms with Gasteiger partial charge >= 0.3 is 12.2 Å². The highest BCUT2D eigenvalue weighted by molar-refractivity contribution is 5.73. The first-order chi connectivity index (χ1) is 9.74. The Bertz CT molecular complexity index is 492. The maximum Gasteiger partial charge on any atom is 0.433 e. The van der Waals surface area contributed by atoms with Crippen molar-refractivity contribution in [2.75, 3.05) is 37.9 Å². The fourth-order valence-electron chi connectivity index (χ4n) is 1.27. The number of rotatable bonds is 5. The smallest absolute Gasteiger partial charge is 0.368 e. The van der Waals surface area contributed by atoms with Crippen LogP contribution in [-0.2, 0) is 6.18 Å². The van der Waals surface area contributed by atoms with Crippen LogP contribution in [0, 0.1) is 0 Å². The number of nitrogens with one attached hydrogen (secondary N) is 3. The Morgan fingerprint density at radius 2 is 2.00 bits per heavy atom. The second-order valence-corrected chi connectivity index (χ2v) is 4.16. The number of nitrogen functional groups attached to an aromatic ring is 1. The van der Waals surface area contributed by atoms with Gasteiger partial charge in [0.2, 0.25) is 5.95 Å². The van der Waals surface area contributed by atoms with Crippen molar-refractivity contribution in [3.8, 4) is 0 Å². The van der Waals surface area contributed by atoms with Gasteiger partial charge in [0.05, 0.1) is 0 Å². The summed E-state index contributed by atoms with van der Waals surface area (Å²) in [5.41, 5.74) is 0.845. The molecule has 118 valence electrons. The summed E-state index contributed by atoms with van der Waals surface area (Å²) < 4.78 is 37.9. The zero-order valence-corrected chi connectivity index (χ0v) is 11.5. The highest BCUT2D eigenvalue weighted by Crippen LogP contribution is 2.29.